The van der Waals surface area contributed by atoms with Gasteiger partial charge in [-0.25, -0.2) is 4.39 Å². The Bertz CT molecular complexity index is 280. The standard InChI is InChI=1S/C6H6BrFN2O/c1-11-6-4(8)2-3(7)5(9)10-6/h2H,1H3,(H2,9,10). The van der Waals surface area contributed by atoms with Crippen molar-refractivity contribution in [2.45, 2.75) is 0 Å². The summed E-state index contributed by atoms with van der Waals surface area (Å²) in [4.78, 5) is 3.62. The predicted molar refractivity (Wildman–Crippen MR) is 42.9 cm³/mol. The second-order valence-corrected chi connectivity index (χ2v) is 2.70. The first-order chi connectivity index (χ1) is 5.15. The highest BCUT2D eigenvalue weighted by Crippen LogP contribution is 2.23. The number of aromatic nitrogens is 1. The van der Waals surface area contributed by atoms with Crippen LogP contribution in [-0.2, 0) is 0 Å². The second-order valence-electron chi connectivity index (χ2n) is 1.85. The van der Waals surface area contributed by atoms with Gasteiger partial charge in [0.1, 0.15) is 5.82 Å². The molecule has 0 radical (unpaired) electrons. The van der Waals surface area contributed by atoms with E-state index in [2.05, 4.69) is 25.7 Å². The molecular weight excluding hydrogens is 215 g/mol. The Kier molecular flexibility index (Phi) is 2.28. The molecular formula is C6H6BrFN2O. The van der Waals surface area contributed by atoms with Crippen molar-refractivity contribution < 1.29 is 9.13 Å². The zero-order valence-corrected chi connectivity index (χ0v) is 7.35. The van der Waals surface area contributed by atoms with Crippen molar-refractivity contribution in [3.8, 4) is 5.88 Å². The van der Waals surface area contributed by atoms with E-state index in [9.17, 15) is 4.39 Å². The lowest BCUT2D eigenvalue weighted by Gasteiger charge is -2.02. The fraction of sp³-hybridized carbons (Fsp3) is 0.167. The first-order valence-electron chi connectivity index (χ1n) is 2.80. The SMILES string of the molecule is COc1nc(N)c(Br)cc1F. The number of ether oxygens (including phenoxy) is 1. The van der Waals surface area contributed by atoms with E-state index in [0.29, 0.717) is 4.47 Å². The third-order valence-corrected chi connectivity index (χ3v) is 1.75. The summed E-state index contributed by atoms with van der Waals surface area (Å²) in [5.41, 5.74) is 5.36. The minimum Gasteiger partial charge on any atom is -0.479 e. The Morgan fingerprint density at radius 3 is 2.91 bits per heavy atom. The van der Waals surface area contributed by atoms with Crippen molar-refractivity contribution in [1.82, 2.24) is 4.98 Å². The van der Waals surface area contributed by atoms with E-state index >= 15 is 0 Å². The first kappa shape index (κ1) is 8.26. The van der Waals surface area contributed by atoms with Gasteiger partial charge in [-0.2, -0.15) is 4.98 Å². The number of nitrogen functional groups attached to an aromatic ring is 1. The third-order valence-electron chi connectivity index (χ3n) is 1.12. The number of nitrogens with two attached hydrogens (primary N) is 1. The van der Waals surface area contributed by atoms with Gasteiger partial charge in [0.05, 0.1) is 11.6 Å². The maximum Gasteiger partial charge on any atom is 0.252 e. The Labute approximate surface area is 71.5 Å². The van der Waals surface area contributed by atoms with Crippen molar-refractivity contribution in [2.75, 3.05) is 12.8 Å². The van der Waals surface area contributed by atoms with Gasteiger partial charge in [0.15, 0.2) is 5.82 Å². The topological polar surface area (TPSA) is 48.1 Å². The number of nitrogens with zero attached hydrogens (tertiary/aromatic N) is 1. The smallest absolute Gasteiger partial charge is 0.252 e. The number of halogens is 2. The van der Waals surface area contributed by atoms with Crippen molar-refractivity contribution in [1.29, 1.82) is 0 Å². The van der Waals surface area contributed by atoms with Crippen molar-refractivity contribution in [2.24, 2.45) is 0 Å². The number of anilines is 1. The van der Waals surface area contributed by atoms with E-state index in [1.807, 2.05) is 0 Å². The normalized spacial score (nSPS) is 9.73. The van der Waals surface area contributed by atoms with Gasteiger partial charge in [-0.05, 0) is 22.0 Å². The molecule has 0 aliphatic heterocycles. The number of hydrogen-bond acceptors (Lipinski definition) is 3. The summed E-state index contributed by atoms with van der Waals surface area (Å²) in [6.07, 6.45) is 0. The average Bonchev–Trinajstić information content (AvgIpc) is 1.97. The molecule has 5 heteroatoms. The lowest BCUT2D eigenvalue weighted by atomic mass is 10.4. The van der Waals surface area contributed by atoms with Gasteiger partial charge in [0.2, 0.25) is 0 Å². The molecule has 0 aliphatic carbocycles. The molecule has 0 saturated carbocycles. The number of methoxy groups -OCH3 is 1. The lowest BCUT2D eigenvalue weighted by Crippen LogP contribution is -1.97. The van der Waals surface area contributed by atoms with E-state index in [1.165, 1.54) is 13.2 Å². The van der Waals surface area contributed by atoms with Gasteiger partial charge in [-0.3, -0.25) is 0 Å². The molecule has 0 aliphatic rings. The van der Waals surface area contributed by atoms with Crippen LogP contribution in [0.3, 0.4) is 0 Å². The largest absolute Gasteiger partial charge is 0.479 e. The Morgan fingerprint density at radius 1 is 1.73 bits per heavy atom. The van der Waals surface area contributed by atoms with Crippen LogP contribution in [0.4, 0.5) is 10.2 Å². The van der Waals surface area contributed by atoms with Gasteiger partial charge < -0.3 is 10.5 Å². The van der Waals surface area contributed by atoms with Crippen LogP contribution in [0.2, 0.25) is 0 Å². The molecule has 1 heterocycles. The van der Waals surface area contributed by atoms with Crippen LogP contribution in [0.15, 0.2) is 10.5 Å². The van der Waals surface area contributed by atoms with Crippen LogP contribution < -0.4 is 10.5 Å². The van der Waals surface area contributed by atoms with Gasteiger partial charge in [0.25, 0.3) is 5.88 Å². The summed E-state index contributed by atoms with van der Waals surface area (Å²) < 4.78 is 17.8. The summed E-state index contributed by atoms with van der Waals surface area (Å²) in [6, 6.07) is 1.21. The van der Waals surface area contributed by atoms with E-state index in [-0.39, 0.29) is 11.7 Å². The fourth-order valence-electron chi connectivity index (χ4n) is 0.606. The molecule has 1 aromatic rings. The molecule has 0 aromatic carbocycles. The molecule has 0 fully saturated rings. The van der Waals surface area contributed by atoms with Crippen molar-refractivity contribution in [3.05, 3.63) is 16.4 Å². The van der Waals surface area contributed by atoms with E-state index in [1.54, 1.807) is 0 Å². The van der Waals surface area contributed by atoms with E-state index < -0.39 is 5.82 Å². The molecule has 0 amide bonds. The molecule has 0 spiro atoms. The van der Waals surface area contributed by atoms with Gasteiger partial charge in [-0.15, -0.1) is 0 Å². The summed E-state index contributed by atoms with van der Waals surface area (Å²) >= 11 is 3.03. The maximum absolute atomic E-state index is 12.8. The van der Waals surface area contributed by atoms with Crippen LogP contribution in [0, 0.1) is 5.82 Å². The van der Waals surface area contributed by atoms with E-state index in [4.69, 9.17) is 5.73 Å². The third kappa shape index (κ3) is 1.59. The maximum atomic E-state index is 12.8. The average molecular weight is 221 g/mol. The van der Waals surface area contributed by atoms with E-state index in [0.717, 1.165) is 0 Å². The van der Waals surface area contributed by atoms with Gasteiger partial charge in [-0.1, -0.05) is 0 Å². The summed E-state index contributed by atoms with van der Waals surface area (Å²) in [6.45, 7) is 0. The zero-order chi connectivity index (χ0) is 8.43. The summed E-state index contributed by atoms with van der Waals surface area (Å²) in [7, 11) is 1.33. The lowest BCUT2D eigenvalue weighted by molar-refractivity contribution is 0.369. The molecule has 1 aromatic heterocycles. The molecule has 2 N–H and O–H groups in total. The molecule has 0 bridgehead atoms. The molecule has 11 heavy (non-hydrogen) atoms. The first-order valence-corrected chi connectivity index (χ1v) is 3.60. The molecule has 3 nitrogen and oxygen atoms in total. The molecule has 0 saturated heterocycles. The molecule has 0 atom stereocenters. The monoisotopic (exact) mass is 220 g/mol. The highest BCUT2D eigenvalue weighted by atomic mass is 79.9. The zero-order valence-electron chi connectivity index (χ0n) is 5.77. The van der Waals surface area contributed by atoms with Crippen LogP contribution >= 0.6 is 15.9 Å². The quantitative estimate of drug-likeness (QED) is 0.782. The Morgan fingerprint density at radius 2 is 2.36 bits per heavy atom. The van der Waals surface area contributed by atoms with Crippen molar-refractivity contribution >= 4 is 21.7 Å². The summed E-state index contributed by atoms with van der Waals surface area (Å²) in [5.74, 6) is -0.414. The Hall–Kier alpha value is -0.840. The second kappa shape index (κ2) is 3.04. The number of rotatable bonds is 1. The Balaban J connectivity index is 3.21. The highest BCUT2D eigenvalue weighted by molar-refractivity contribution is 9.10. The molecule has 0 unspecified atom stereocenters. The number of hydrogen-bond donors (Lipinski definition) is 1. The van der Waals surface area contributed by atoms with Crippen LogP contribution in [-0.4, -0.2) is 12.1 Å². The van der Waals surface area contributed by atoms with Crippen LogP contribution in [0.1, 0.15) is 0 Å². The van der Waals surface area contributed by atoms with Gasteiger partial charge >= 0.3 is 0 Å². The molecule has 60 valence electrons. The van der Waals surface area contributed by atoms with Crippen molar-refractivity contribution in [3.63, 3.8) is 0 Å². The summed E-state index contributed by atoms with van der Waals surface area (Å²) in [5, 5.41) is 0. The van der Waals surface area contributed by atoms with Crippen LogP contribution in [0.25, 0.3) is 0 Å². The number of pyridine rings is 1. The fourth-order valence-corrected chi connectivity index (χ4v) is 0.896. The highest BCUT2D eigenvalue weighted by Gasteiger charge is 2.07. The van der Waals surface area contributed by atoms with Gasteiger partial charge in [0, 0.05) is 0 Å². The van der Waals surface area contributed by atoms with Crippen LogP contribution in [0.5, 0.6) is 5.88 Å². The predicted octanol–water partition coefficient (Wildman–Crippen LogP) is 1.57. The molecule has 1 rings (SSSR count). The minimum absolute atomic E-state index is 0.0919. The minimum atomic E-state index is -0.534.